The number of nitrogens with zero attached hydrogens (tertiary/aromatic N) is 1. The van der Waals surface area contributed by atoms with Crippen LogP contribution in [0.25, 0.3) is 0 Å². The van der Waals surface area contributed by atoms with Crippen LogP contribution in [0.1, 0.15) is 55.4 Å². The molecule has 3 saturated heterocycles. The lowest BCUT2D eigenvalue weighted by atomic mass is 9.95. The third-order valence-corrected chi connectivity index (χ3v) is 12.4. The van der Waals surface area contributed by atoms with Gasteiger partial charge in [-0.15, -0.1) is 0 Å². The van der Waals surface area contributed by atoms with E-state index in [2.05, 4.69) is 44.1 Å². The topological polar surface area (TPSA) is 78.5 Å². The molecule has 198 valence electrons. The molecule has 10 heteroatoms. The maximum absolute atomic E-state index is 12.4. The van der Waals surface area contributed by atoms with Crippen LogP contribution in [-0.2, 0) is 23.4 Å². The Kier molecular flexibility index (Phi) is 8.45. The minimum Gasteiger partial charge on any atom is -0.444 e. The lowest BCUT2D eigenvalue weighted by molar-refractivity contribution is -0.234. The van der Waals surface area contributed by atoms with E-state index in [4.69, 9.17) is 23.4 Å². The molecule has 1 N–H and O–H groups in total. The first kappa shape index (κ1) is 28.2. The number of hydrogen-bond donors (Lipinski definition) is 1. The molecular formula is C24H46N2O6SSi. The van der Waals surface area contributed by atoms with Crippen LogP contribution >= 0.6 is 11.8 Å². The zero-order valence-electron chi connectivity index (χ0n) is 22.7. The van der Waals surface area contributed by atoms with Crippen molar-refractivity contribution in [2.45, 2.75) is 116 Å². The highest BCUT2D eigenvalue weighted by atomic mass is 32.2. The number of hydrogen-bond acceptors (Lipinski definition) is 8. The Balaban J connectivity index is 1.87. The predicted molar refractivity (Wildman–Crippen MR) is 138 cm³/mol. The first-order chi connectivity index (χ1) is 15.5. The van der Waals surface area contributed by atoms with Crippen LogP contribution in [-0.4, -0.2) is 92.5 Å². The van der Waals surface area contributed by atoms with E-state index in [-0.39, 0.29) is 29.8 Å². The van der Waals surface area contributed by atoms with Crippen molar-refractivity contribution in [2.24, 2.45) is 0 Å². The molecule has 3 fully saturated rings. The van der Waals surface area contributed by atoms with Crippen molar-refractivity contribution in [1.82, 2.24) is 10.2 Å². The van der Waals surface area contributed by atoms with Gasteiger partial charge in [0.05, 0.1) is 6.04 Å². The molecule has 0 aromatic carbocycles. The van der Waals surface area contributed by atoms with Gasteiger partial charge in [-0.3, -0.25) is 4.90 Å². The fourth-order valence-corrected chi connectivity index (χ4v) is 6.40. The molecule has 3 aliphatic heterocycles. The van der Waals surface area contributed by atoms with Crippen LogP contribution < -0.4 is 5.32 Å². The number of rotatable bonds is 5. The van der Waals surface area contributed by atoms with Crippen LogP contribution in [0.4, 0.5) is 4.79 Å². The summed E-state index contributed by atoms with van der Waals surface area (Å²) in [5.74, 6) is 1.42. The van der Waals surface area contributed by atoms with E-state index in [1.54, 1.807) is 0 Å². The second kappa shape index (κ2) is 10.2. The summed E-state index contributed by atoms with van der Waals surface area (Å²) in [6.45, 7) is 22.8. The van der Waals surface area contributed by atoms with Crippen molar-refractivity contribution in [1.29, 1.82) is 0 Å². The Labute approximate surface area is 211 Å². The highest BCUT2D eigenvalue weighted by Gasteiger charge is 2.58. The van der Waals surface area contributed by atoms with Crippen molar-refractivity contribution in [3.63, 3.8) is 0 Å². The third kappa shape index (κ3) is 6.89. The van der Waals surface area contributed by atoms with Crippen molar-refractivity contribution < 1.29 is 28.2 Å². The van der Waals surface area contributed by atoms with E-state index in [1.807, 2.05) is 46.4 Å². The molecule has 1 amide bonds. The number of fused-ring (bicyclic) bond motifs is 1. The first-order valence-electron chi connectivity index (χ1n) is 12.5. The normalized spacial score (nSPS) is 32.8. The maximum Gasteiger partial charge on any atom is 0.407 e. The molecule has 0 aromatic rings. The van der Waals surface area contributed by atoms with Gasteiger partial charge in [0.15, 0.2) is 20.4 Å². The van der Waals surface area contributed by atoms with Gasteiger partial charge in [-0.2, -0.15) is 11.8 Å². The van der Waals surface area contributed by atoms with Crippen LogP contribution in [0.5, 0.6) is 0 Å². The quantitative estimate of drug-likeness (QED) is 0.543. The molecule has 3 rings (SSSR count). The lowest BCUT2D eigenvalue weighted by Gasteiger charge is -2.50. The summed E-state index contributed by atoms with van der Waals surface area (Å²) in [4.78, 5) is 14.8. The Morgan fingerprint density at radius 3 is 2.24 bits per heavy atom. The van der Waals surface area contributed by atoms with Crippen molar-refractivity contribution in [2.75, 3.05) is 31.1 Å². The highest BCUT2D eigenvalue weighted by molar-refractivity contribution is 7.99. The van der Waals surface area contributed by atoms with Crippen LogP contribution in [0, 0.1) is 0 Å². The summed E-state index contributed by atoms with van der Waals surface area (Å²) >= 11 is 1.97. The van der Waals surface area contributed by atoms with Crippen LogP contribution in [0.2, 0.25) is 18.1 Å². The number of carbonyl (C=O) groups excluding carboxylic acids is 1. The molecule has 0 aliphatic carbocycles. The van der Waals surface area contributed by atoms with Crippen LogP contribution in [0.3, 0.4) is 0 Å². The smallest absolute Gasteiger partial charge is 0.407 e. The Morgan fingerprint density at radius 2 is 1.68 bits per heavy atom. The van der Waals surface area contributed by atoms with Gasteiger partial charge in [0.25, 0.3) is 0 Å². The molecule has 5 atom stereocenters. The summed E-state index contributed by atoms with van der Waals surface area (Å²) in [5.41, 5.74) is -0.569. The molecule has 34 heavy (non-hydrogen) atoms. The summed E-state index contributed by atoms with van der Waals surface area (Å²) in [6, 6.07) is -0.0698. The first-order valence-corrected chi connectivity index (χ1v) is 16.5. The Morgan fingerprint density at radius 1 is 1.09 bits per heavy atom. The van der Waals surface area contributed by atoms with E-state index >= 15 is 0 Å². The van der Waals surface area contributed by atoms with Gasteiger partial charge < -0.3 is 28.7 Å². The number of nitrogens with one attached hydrogen (secondary N) is 1. The van der Waals surface area contributed by atoms with Crippen LogP contribution in [0.15, 0.2) is 0 Å². The monoisotopic (exact) mass is 518 g/mol. The average Bonchev–Trinajstić information content (AvgIpc) is 2.99. The highest BCUT2D eigenvalue weighted by Crippen LogP contribution is 2.43. The molecule has 0 radical (unpaired) electrons. The average molecular weight is 519 g/mol. The van der Waals surface area contributed by atoms with E-state index in [0.717, 1.165) is 24.6 Å². The van der Waals surface area contributed by atoms with Gasteiger partial charge in [-0.05, 0) is 52.8 Å². The number of alkyl carbamates (subject to hydrolysis) is 1. The molecule has 0 aromatic heterocycles. The van der Waals surface area contributed by atoms with Crippen molar-refractivity contribution in [3.05, 3.63) is 0 Å². The number of amides is 1. The SMILES string of the molecule is CC(C)(C)OC(=O)NCC1OC(O[Si](C)(C)C(C)(C)C)[C@H](N2CCSCC2)[C@H]2OC(C)(C)O[C@@H]12. The standard InChI is InChI=1S/C24H46N2O6SSi/c1-22(2,3)31-21(27)25-15-16-18-19(30-24(7,8)29-18)17(26-11-13-33-14-12-26)20(28-16)32-34(9,10)23(4,5)6/h16-20H,11-15H2,1-10H3,(H,25,27)/t16?,17-,18+,19-,20?/m1/s1. The third-order valence-electron chi connectivity index (χ3n) is 6.99. The molecular weight excluding hydrogens is 472 g/mol. The van der Waals surface area contributed by atoms with Crippen molar-refractivity contribution >= 4 is 26.2 Å². The minimum atomic E-state index is -2.15. The predicted octanol–water partition coefficient (Wildman–Crippen LogP) is 4.20. The Bertz CT molecular complexity index is 717. The second-order valence-electron chi connectivity index (χ2n) is 12.5. The Hall–Kier alpha value is -0.363. The second-order valence-corrected chi connectivity index (χ2v) is 18.5. The van der Waals surface area contributed by atoms with Gasteiger partial charge in [0.2, 0.25) is 0 Å². The molecule has 0 bridgehead atoms. The summed E-state index contributed by atoms with van der Waals surface area (Å²) in [7, 11) is -2.15. The molecule has 3 aliphatic rings. The van der Waals surface area contributed by atoms with Gasteiger partial charge in [-0.1, -0.05) is 20.8 Å². The van der Waals surface area contributed by atoms with E-state index < -0.39 is 38.2 Å². The van der Waals surface area contributed by atoms with Crippen molar-refractivity contribution in [3.8, 4) is 0 Å². The zero-order valence-corrected chi connectivity index (χ0v) is 24.5. The van der Waals surface area contributed by atoms with E-state index in [1.165, 1.54) is 0 Å². The number of ether oxygens (including phenoxy) is 4. The largest absolute Gasteiger partial charge is 0.444 e. The van der Waals surface area contributed by atoms with E-state index in [0.29, 0.717) is 0 Å². The summed E-state index contributed by atoms with van der Waals surface area (Å²) in [6.07, 6.45) is -1.88. The number of thioether (sulfide) groups is 1. The van der Waals surface area contributed by atoms with E-state index in [9.17, 15) is 4.79 Å². The molecule has 0 spiro atoms. The minimum absolute atomic E-state index is 0.0338. The molecule has 3 heterocycles. The molecule has 8 nitrogen and oxygen atoms in total. The molecule has 2 unspecified atom stereocenters. The summed E-state index contributed by atoms with van der Waals surface area (Å²) in [5, 5.41) is 2.91. The molecule has 0 saturated carbocycles. The fourth-order valence-electron chi connectivity index (χ4n) is 4.34. The zero-order chi connectivity index (χ0) is 25.5. The fraction of sp³-hybridized carbons (Fsp3) is 0.958. The number of carbonyl (C=O) groups is 1. The summed E-state index contributed by atoms with van der Waals surface area (Å²) < 4.78 is 31.8. The van der Waals surface area contributed by atoms with Gasteiger partial charge in [-0.25, -0.2) is 4.79 Å². The van der Waals surface area contributed by atoms with Gasteiger partial charge in [0.1, 0.15) is 23.9 Å². The van der Waals surface area contributed by atoms with Gasteiger partial charge >= 0.3 is 6.09 Å². The van der Waals surface area contributed by atoms with Gasteiger partial charge in [0, 0.05) is 31.1 Å². The maximum atomic E-state index is 12.4. The lowest BCUT2D eigenvalue weighted by Crippen LogP contribution is -2.67.